The van der Waals surface area contributed by atoms with Gasteiger partial charge in [0.2, 0.25) is 0 Å². The van der Waals surface area contributed by atoms with Gasteiger partial charge in [-0.1, -0.05) is 43.3 Å². The predicted molar refractivity (Wildman–Crippen MR) is 50.7 cm³/mol. The fourth-order valence-corrected chi connectivity index (χ4v) is 0.385. The second-order valence-electron chi connectivity index (χ2n) is 2.55. The highest BCUT2D eigenvalue weighted by molar-refractivity contribution is 4.99. The average Bonchev–Trinajstić information content (AvgIpc) is 2.09. The van der Waals surface area contributed by atoms with Gasteiger partial charge in [-0.2, -0.15) is 0 Å². The van der Waals surface area contributed by atoms with Crippen LogP contribution >= 0.6 is 0 Å². The molecule has 0 radical (unpaired) electrons. The Morgan fingerprint density at radius 3 is 1.09 bits per heavy atom. The van der Waals surface area contributed by atoms with E-state index in [1.807, 2.05) is 36.4 Å². The Labute approximate surface area is 69.7 Å². The van der Waals surface area contributed by atoms with Crippen molar-refractivity contribution in [2.24, 2.45) is 0 Å². The third-order valence-electron chi connectivity index (χ3n) is 1.30. The number of nitrogens with zero attached hydrogens (tertiary/aromatic N) is 1. The van der Waals surface area contributed by atoms with E-state index < -0.39 is 0 Å². The molecule has 0 amide bonds. The van der Waals surface area contributed by atoms with E-state index in [0.717, 1.165) is 6.54 Å². The molecule has 0 spiro atoms. The van der Waals surface area contributed by atoms with Crippen LogP contribution in [0.25, 0.3) is 0 Å². The summed E-state index contributed by atoms with van der Waals surface area (Å²) in [7, 11) is 4.11. The average molecular weight is 151 g/mol. The fourth-order valence-electron chi connectivity index (χ4n) is 0.385. The van der Waals surface area contributed by atoms with E-state index in [4.69, 9.17) is 0 Å². The van der Waals surface area contributed by atoms with Gasteiger partial charge < -0.3 is 4.90 Å². The molecule has 0 saturated carbocycles. The molecule has 0 bridgehead atoms. The van der Waals surface area contributed by atoms with Crippen molar-refractivity contribution in [1.82, 2.24) is 4.90 Å². The maximum atomic E-state index is 2.12. The SMILES string of the molecule is CCN(C)C.c1ccccc1. The van der Waals surface area contributed by atoms with Crippen molar-refractivity contribution < 1.29 is 0 Å². The summed E-state index contributed by atoms with van der Waals surface area (Å²) in [6.07, 6.45) is 0. The molecule has 0 saturated heterocycles. The lowest BCUT2D eigenvalue weighted by molar-refractivity contribution is 0.434. The summed E-state index contributed by atoms with van der Waals surface area (Å²) in [6.45, 7) is 3.26. The van der Waals surface area contributed by atoms with Crippen molar-refractivity contribution >= 4 is 0 Å². The second kappa shape index (κ2) is 7.29. The Morgan fingerprint density at radius 2 is 1.00 bits per heavy atom. The Hall–Kier alpha value is -0.820. The van der Waals surface area contributed by atoms with Gasteiger partial charge in [0, 0.05) is 0 Å². The zero-order valence-corrected chi connectivity index (χ0v) is 7.62. The summed E-state index contributed by atoms with van der Waals surface area (Å²) in [4.78, 5) is 2.12. The molecule has 1 rings (SSSR count). The maximum Gasteiger partial charge on any atom is -0.00533 e. The summed E-state index contributed by atoms with van der Waals surface area (Å²) in [5.74, 6) is 0. The van der Waals surface area contributed by atoms with Gasteiger partial charge in [0.05, 0.1) is 0 Å². The molecule has 1 aromatic carbocycles. The van der Waals surface area contributed by atoms with Crippen molar-refractivity contribution in [3.63, 3.8) is 0 Å². The van der Waals surface area contributed by atoms with Crippen LogP contribution in [0.15, 0.2) is 36.4 Å². The maximum absolute atomic E-state index is 2.12. The van der Waals surface area contributed by atoms with Crippen LogP contribution in [0.4, 0.5) is 0 Å². The lowest BCUT2D eigenvalue weighted by Crippen LogP contribution is -2.08. The van der Waals surface area contributed by atoms with Crippen LogP contribution in [-0.2, 0) is 0 Å². The molecular weight excluding hydrogens is 134 g/mol. The predicted octanol–water partition coefficient (Wildman–Crippen LogP) is 2.25. The third kappa shape index (κ3) is 9.18. The van der Waals surface area contributed by atoms with Crippen molar-refractivity contribution in [1.29, 1.82) is 0 Å². The molecule has 1 aromatic rings. The molecule has 0 N–H and O–H groups in total. The van der Waals surface area contributed by atoms with Crippen LogP contribution in [0, 0.1) is 0 Å². The largest absolute Gasteiger partial charge is 0.310 e. The normalized spacial score (nSPS) is 8.73. The summed E-state index contributed by atoms with van der Waals surface area (Å²) in [5.41, 5.74) is 0. The van der Waals surface area contributed by atoms with E-state index in [-0.39, 0.29) is 0 Å². The second-order valence-corrected chi connectivity index (χ2v) is 2.55. The number of rotatable bonds is 1. The Morgan fingerprint density at radius 1 is 0.818 bits per heavy atom. The van der Waals surface area contributed by atoms with Crippen LogP contribution < -0.4 is 0 Å². The van der Waals surface area contributed by atoms with Crippen LogP contribution in [0.3, 0.4) is 0 Å². The smallest absolute Gasteiger partial charge is 0.00533 e. The highest BCUT2D eigenvalue weighted by Gasteiger charge is 1.72. The van der Waals surface area contributed by atoms with Gasteiger partial charge in [-0.3, -0.25) is 0 Å². The van der Waals surface area contributed by atoms with E-state index in [0.29, 0.717) is 0 Å². The van der Waals surface area contributed by atoms with Gasteiger partial charge in [0.15, 0.2) is 0 Å². The van der Waals surface area contributed by atoms with Gasteiger partial charge in [0.1, 0.15) is 0 Å². The standard InChI is InChI=1S/C6H6.C4H11N/c1-2-4-6-5-3-1;1-4-5(2)3/h1-6H;4H2,1-3H3. The first-order chi connectivity index (χ1) is 5.27. The topological polar surface area (TPSA) is 3.24 Å². The molecule has 62 valence electrons. The first-order valence-electron chi connectivity index (χ1n) is 3.92. The van der Waals surface area contributed by atoms with E-state index >= 15 is 0 Å². The Bertz CT molecular complexity index is 120. The highest BCUT2D eigenvalue weighted by atomic mass is 15.0. The number of hydrogen-bond acceptors (Lipinski definition) is 1. The molecule has 11 heavy (non-hydrogen) atoms. The molecule has 0 aliphatic heterocycles. The summed E-state index contributed by atoms with van der Waals surface area (Å²) in [5, 5.41) is 0. The van der Waals surface area contributed by atoms with E-state index in [1.165, 1.54) is 0 Å². The van der Waals surface area contributed by atoms with Crippen LogP contribution in [0.1, 0.15) is 6.92 Å². The number of hydrogen-bond donors (Lipinski definition) is 0. The molecule has 0 aromatic heterocycles. The fraction of sp³-hybridized carbons (Fsp3) is 0.400. The van der Waals surface area contributed by atoms with Gasteiger partial charge in [-0.05, 0) is 20.6 Å². The monoisotopic (exact) mass is 151 g/mol. The van der Waals surface area contributed by atoms with Crippen molar-refractivity contribution in [2.45, 2.75) is 6.92 Å². The zero-order valence-electron chi connectivity index (χ0n) is 7.62. The first kappa shape index (κ1) is 10.2. The van der Waals surface area contributed by atoms with Crippen molar-refractivity contribution in [2.75, 3.05) is 20.6 Å². The minimum absolute atomic E-state index is 1.14. The lowest BCUT2D eigenvalue weighted by Gasteiger charge is -2.00. The van der Waals surface area contributed by atoms with Crippen molar-refractivity contribution in [3.05, 3.63) is 36.4 Å². The first-order valence-corrected chi connectivity index (χ1v) is 3.92. The third-order valence-corrected chi connectivity index (χ3v) is 1.30. The van der Waals surface area contributed by atoms with Gasteiger partial charge in [-0.25, -0.2) is 0 Å². The minimum atomic E-state index is 1.14. The lowest BCUT2D eigenvalue weighted by atomic mass is 10.4. The molecule has 1 nitrogen and oxygen atoms in total. The molecule has 1 heteroatoms. The Kier molecular flexibility index (Phi) is 6.75. The molecule has 0 aliphatic rings. The minimum Gasteiger partial charge on any atom is -0.310 e. The number of benzene rings is 1. The van der Waals surface area contributed by atoms with E-state index in [9.17, 15) is 0 Å². The summed E-state index contributed by atoms with van der Waals surface area (Å²) in [6, 6.07) is 12.0. The summed E-state index contributed by atoms with van der Waals surface area (Å²) >= 11 is 0. The molecule has 0 aliphatic carbocycles. The Balaban J connectivity index is 0.000000187. The zero-order chi connectivity index (χ0) is 8.53. The van der Waals surface area contributed by atoms with Crippen LogP contribution in [-0.4, -0.2) is 25.5 Å². The van der Waals surface area contributed by atoms with Gasteiger partial charge in [-0.15, -0.1) is 0 Å². The quantitative estimate of drug-likeness (QED) is 0.595. The molecular formula is C10H17N. The van der Waals surface area contributed by atoms with Crippen molar-refractivity contribution in [3.8, 4) is 0 Å². The molecule has 0 heterocycles. The van der Waals surface area contributed by atoms with E-state index in [2.05, 4.69) is 25.9 Å². The summed E-state index contributed by atoms with van der Waals surface area (Å²) < 4.78 is 0. The molecule has 0 atom stereocenters. The molecule has 0 fully saturated rings. The molecule has 0 unspecified atom stereocenters. The van der Waals surface area contributed by atoms with E-state index in [1.54, 1.807) is 0 Å². The van der Waals surface area contributed by atoms with Crippen LogP contribution in [0.5, 0.6) is 0 Å². The van der Waals surface area contributed by atoms with Gasteiger partial charge >= 0.3 is 0 Å². The van der Waals surface area contributed by atoms with Crippen LogP contribution in [0.2, 0.25) is 0 Å². The van der Waals surface area contributed by atoms with Gasteiger partial charge in [0.25, 0.3) is 0 Å². The highest BCUT2D eigenvalue weighted by Crippen LogP contribution is 1.79.